The zero-order valence-electron chi connectivity index (χ0n) is 15.7. The molecule has 150 valence electrons. The fourth-order valence-corrected chi connectivity index (χ4v) is 4.24. The summed E-state index contributed by atoms with van der Waals surface area (Å²) < 4.78 is 40.4. The monoisotopic (exact) mass is 412 g/mol. The van der Waals surface area contributed by atoms with Crippen molar-refractivity contribution in [2.45, 2.75) is 11.3 Å². The first-order valence-corrected chi connectivity index (χ1v) is 10.5. The number of anilines is 1. The van der Waals surface area contributed by atoms with Crippen molar-refractivity contribution in [3.8, 4) is 0 Å². The molecule has 0 spiro atoms. The molecule has 0 fully saturated rings. The molecule has 5 nitrogen and oxygen atoms in total. The van der Waals surface area contributed by atoms with Gasteiger partial charge in [-0.05, 0) is 48.4 Å². The van der Waals surface area contributed by atoms with Crippen LogP contribution >= 0.6 is 0 Å². The molecule has 29 heavy (non-hydrogen) atoms. The largest absolute Gasteiger partial charge is 0.325 e. The maximum absolute atomic E-state index is 13.1. The summed E-state index contributed by atoms with van der Waals surface area (Å²) in [5.41, 5.74) is 1.37. The molecule has 0 aliphatic carbocycles. The Hall–Kier alpha value is -3.03. The van der Waals surface area contributed by atoms with Gasteiger partial charge >= 0.3 is 0 Å². The molecule has 0 aromatic heterocycles. The van der Waals surface area contributed by atoms with Crippen LogP contribution in [0.25, 0.3) is 0 Å². The summed E-state index contributed by atoms with van der Waals surface area (Å²) in [6.45, 7) is -0.195. The molecule has 0 heterocycles. The van der Waals surface area contributed by atoms with E-state index in [9.17, 15) is 17.6 Å². The van der Waals surface area contributed by atoms with Gasteiger partial charge in [0.05, 0.1) is 11.4 Å². The van der Waals surface area contributed by atoms with Crippen molar-refractivity contribution in [1.29, 1.82) is 0 Å². The molecule has 7 heteroatoms. The van der Waals surface area contributed by atoms with Crippen LogP contribution < -0.4 is 5.32 Å². The van der Waals surface area contributed by atoms with Crippen LogP contribution in [-0.2, 0) is 21.2 Å². The summed E-state index contributed by atoms with van der Waals surface area (Å²) in [6.07, 6.45) is 0.469. The van der Waals surface area contributed by atoms with Crippen molar-refractivity contribution in [3.63, 3.8) is 0 Å². The van der Waals surface area contributed by atoms with Crippen molar-refractivity contribution in [2.24, 2.45) is 0 Å². The quantitative estimate of drug-likeness (QED) is 0.614. The Balaban J connectivity index is 1.78. The third-order valence-corrected chi connectivity index (χ3v) is 6.18. The number of benzene rings is 3. The summed E-state index contributed by atoms with van der Waals surface area (Å²) in [7, 11) is -3.85. The number of halogens is 1. The van der Waals surface area contributed by atoms with Crippen molar-refractivity contribution in [3.05, 3.63) is 96.3 Å². The number of nitrogens with one attached hydrogen (secondary N) is 1. The normalized spacial score (nSPS) is 11.4. The highest BCUT2D eigenvalue weighted by Gasteiger charge is 2.26. The lowest BCUT2D eigenvalue weighted by atomic mass is 10.1. The predicted molar refractivity (Wildman–Crippen MR) is 110 cm³/mol. The van der Waals surface area contributed by atoms with Gasteiger partial charge in [-0.2, -0.15) is 4.31 Å². The number of hydrogen-bond acceptors (Lipinski definition) is 3. The van der Waals surface area contributed by atoms with Crippen LogP contribution in [-0.4, -0.2) is 31.7 Å². The fourth-order valence-electron chi connectivity index (χ4n) is 2.82. The van der Waals surface area contributed by atoms with Crippen LogP contribution in [0.15, 0.2) is 89.8 Å². The standard InChI is InChI=1S/C22H21FN2O3S/c23-19-11-13-20(14-12-19)24-22(26)17-25(16-15-18-7-3-1-4-8-18)29(27,28)21-9-5-2-6-10-21/h1-14H,15-17H2,(H,24,26). The minimum atomic E-state index is -3.85. The lowest BCUT2D eigenvalue weighted by Crippen LogP contribution is -2.39. The van der Waals surface area contributed by atoms with Crippen molar-refractivity contribution in [2.75, 3.05) is 18.4 Å². The highest BCUT2D eigenvalue weighted by atomic mass is 32.2. The van der Waals surface area contributed by atoms with Crippen molar-refractivity contribution in [1.82, 2.24) is 4.31 Å². The number of hydrogen-bond donors (Lipinski definition) is 1. The first-order valence-electron chi connectivity index (χ1n) is 9.10. The maximum atomic E-state index is 13.1. The summed E-state index contributed by atoms with van der Waals surface area (Å²) in [4.78, 5) is 12.6. The van der Waals surface area contributed by atoms with Gasteiger partial charge in [0.15, 0.2) is 0 Å². The highest BCUT2D eigenvalue weighted by molar-refractivity contribution is 7.89. The van der Waals surface area contributed by atoms with Crippen LogP contribution in [0.5, 0.6) is 0 Å². The van der Waals surface area contributed by atoms with Gasteiger partial charge in [0, 0.05) is 12.2 Å². The molecule has 0 atom stereocenters. The van der Waals surface area contributed by atoms with Gasteiger partial charge in [-0.15, -0.1) is 0 Å². The molecule has 3 rings (SSSR count). The van der Waals surface area contributed by atoms with Gasteiger partial charge in [0.2, 0.25) is 15.9 Å². The van der Waals surface area contributed by atoms with E-state index < -0.39 is 21.7 Å². The second kappa shape index (κ2) is 9.45. The number of sulfonamides is 1. The molecule has 0 bridgehead atoms. The maximum Gasteiger partial charge on any atom is 0.243 e. The minimum Gasteiger partial charge on any atom is -0.325 e. The van der Waals surface area contributed by atoms with Crippen LogP contribution in [0.3, 0.4) is 0 Å². The van der Waals surface area contributed by atoms with Gasteiger partial charge in [0.1, 0.15) is 5.82 Å². The van der Waals surface area contributed by atoms with E-state index in [1.165, 1.54) is 36.4 Å². The highest BCUT2D eigenvalue weighted by Crippen LogP contribution is 2.17. The summed E-state index contributed by atoms with van der Waals surface area (Å²) in [5.74, 6) is -0.914. The van der Waals surface area contributed by atoms with Gasteiger partial charge < -0.3 is 5.32 Å². The van der Waals surface area contributed by atoms with Crippen LogP contribution in [0.4, 0.5) is 10.1 Å². The van der Waals surface area contributed by atoms with E-state index in [2.05, 4.69) is 5.32 Å². The first-order chi connectivity index (χ1) is 13.9. The fraction of sp³-hybridized carbons (Fsp3) is 0.136. The molecule has 0 aliphatic rings. The van der Waals surface area contributed by atoms with E-state index in [4.69, 9.17) is 0 Å². The van der Waals surface area contributed by atoms with E-state index in [1.54, 1.807) is 18.2 Å². The van der Waals surface area contributed by atoms with Gasteiger partial charge in [-0.25, -0.2) is 12.8 Å². The smallest absolute Gasteiger partial charge is 0.243 e. The number of amides is 1. The average Bonchev–Trinajstić information content (AvgIpc) is 2.74. The molecular weight excluding hydrogens is 391 g/mol. The zero-order chi connectivity index (χ0) is 20.7. The molecule has 1 N–H and O–H groups in total. The molecule has 3 aromatic carbocycles. The Morgan fingerprint density at radius 2 is 1.45 bits per heavy atom. The SMILES string of the molecule is O=C(CN(CCc1ccccc1)S(=O)(=O)c1ccccc1)Nc1ccc(F)cc1. The lowest BCUT2D eigenvalue weighted by Gasteiger charge is -2.22. The Bertz CT molecular complexity index is 1040. The molecule has 1 amide bonds. The van der Waals surface area contributed by atoms with Crippen molar-refractivity contribution >= 4 is 21.6 Å². The second-order valence-corrected chi connectivity index (χ2v) is 8.38. The molecule has 0 aliphatic heterocycles. The third-order valence-electron chi connectivity index (χ3n) is 4.32. The van der Waals surface area contributed by atoms with Crippen LogP contribution in [0.1, 0.15) is 5.56 Å². The molecule has 3 aromatic rings. The van der Waals surface area contributed by atoms with Gasteiger partial charge in [-0.1, -0.05) is 48.5 Å². The Morgan fingerprint density at radius 3 is 2.07 bits per heavy atom. The van der Waals surface area contributed by atoms with Crippen LogP contribution in [0.2, 0.25) is 0 Å². The molecule has 0 saturated carbocycles. The second-order valence-electron chi connectivity index (χ2n) is 6.44. The summed E-state index contributed by atoms with van der Waals surface area (Å²) in [5, 5.41) is 2.61. The number of carbonyl (C=O) groups is 1. The minimum absolute atomic E-state index is 0.127. The van der Waals surface area contributed by atoms with E-state index in [1.807, 2.05) is 30.3 Å². The van der Waals surface area contributed by atoms with Gasteiger partial charge in [-0.3, -0.25) is 4.79 Å². The molecule has 0 saturated heterocycles. The summed E-state index contributed by atoms with van der Waals surface area (Å²) >= 11 is 0. The van der Waals surface area contributed by atoms with E-state index in [-0.39, 0.29) is 18.0 Å². The Morgan fingerprint density at radius 1 is 0.862 bits per heavy atom. The molecule has 0 unspecified atom stereocenters. The number of rotatable bonds is 8. The molecular formula is C22H21FN2O3S. The van der Waals surface area contributed by atoms with Gasteiger partial charge in [0.25, 0.3) is 0 Å². The van der Waals surface area contributed by atoms with Crippen LogP contribution in [0, 0.1) is 5.82 Å². The molecule has 0 radical (unpaired) electrons. The number of nitrogens with zero attached hydrogens (tertiary/aromatic N) is 1. The Kier molecular flexibility index (Phi) is 6.74. The Labute approximate surface area is 169 Å². The number of carbonyl (C=O) groups excluding carboxylic acids is 1. The third kappa shape index (κ3) is 5.73. The zero-order valence-corrected chi connectivity index (χ0v) is 16.5. The van der Waals surface area contributed by atoms with E-state index in [0.717, 1.165) is 9.87 Å². The first kappa shape index (κ1) is 20.7. The van der Waals surface area contributed by atoms with E-state index in [0.29, 0.717) is 12.1 Å². The van der Waals surface area contributed by atoms with E-state index >= 15 is 0 Å². The van der Waals surface area contributed by atoms with Crippen molar-refractivity contribution < 1.29 is 17.6 Å². The summed E-state index contributed by atoms with van der Waals surface area (Å²) in [6, 6.07) is 22.8. The average molecular weight is 412 g/mol. The topological polar surface area (TPSA) is 66.5 Å². The lowest BCUT2D eigenvalue weighted by molar-refractivity contribution is -0.116. The predicted octanol–water partition coefficient (Wildman–Crippen LogP) is 3.70.